The van der Waals surface area contributed by atoms with Crippen molar-refractivity contribution in [2.75, 3.05) is 44.9 Å². The Morgan fingerprint density at radius 3 is 2.50 bits per heavy atom. The summed E-state index contributed by atoms with van der Waals surface area (Å²) in [4.78, 5) is 32.6. The zero-order chi connectivity index (χ0) is 38.1. The van der Waals surface area contributed by atoms with E-state index in [9.17, 15) is 18.0 Å². The van der Waals surface area contributed by atoms with Crippen molar-refractivity contribution < 1.29 is 41.7 Å². The zero-order valence-corrected chi connectivity index (χ0v) is 32.8. The number of aromatic nitrogens is 1. The van der Waals surface area contributed by atoms with Gasteiger partial charge in [0.25, 0.3) is 10.0 Å². The van der Waals surface area contributed by atoms with Gasteiger partial charge >= 0.3 is 5.97 Å². The first kappa shape index (κ1) is 38.2. The van der Waals surface area contributed by atoms with E-state index >= 15 is 0 Å². The fourth-order valence-corrected chi connectivity index (χ4v) is 10.0. The van der Waals surface area contributed by atoms with Crippen LogP contribution in [0.3, 0.4) is 0 Å². The smallest absolute Gasteiger partial charge is 0.328 e. The number of ether oxygens (including phenoxy) is 5. The number of anilines is 1. The second kappa shape index (κ2) is 15.9. The maximum Gasteiger partial charge on any atom is 0.328 e. The molecule has 0 bridgehead atoms. The van der Waals surface area contributed by atoms with Crippen LogP contribution in [0.5, 0.6) is 17.2 Å². The summed E-state index contributed by atoms with van der Waals surface area (Å²) in [5.74, 6) is 0.316. The molecule has 1 fully saturated rings. The van der Waals surface area contributed by atoms with Crippen LogP contribution >= 0.6 is 34.5 Å². The molecule has 0 spiro atoms. The third-order valence-corrected chi connectivity index (χ3v) is 13.8. The van der Waals surface area contributed by atoms with Crippen LogP contribution in [-0.2, 0) is 48.7 Å². The van der Waals surface area contributed by atoms with Crippen molar-refractivity contribution >= 4 is 61.6 Å². The number of esters is 1. The molecule has 17 heteroatoms. The Bertz CT molecular complexity index is 2160. The van der Waals surface area contributed by atoms with Crippen molar-refractivity contribution in [3.8, 4) is 17.2 Å². The van der Waals surface area contributed by atoms with E-state index in [-0.39, 0.29) is 23.8 Å². The van der Waals surface area contributed by atoms with Crippen molar-refractivity contribution in [3.05, 3.63) is 92.6 Å². The van der Waals surface area contributed by atoms with E-state index in [2.05, 4.69) is 10.3 Å². The minimum Gasteiger partial charge on any atom is -0.489 e. The molecule has 3 aliphatic rings. The SMILES string of the molecule is COC(=O)C(C)NC(=O)C1Cc2cc3c(cc2CN1S(=O)(=O)c1sc(N2CCOCC2)nc1C)O[C@@H](c1ccc(OCc2ccc(Cl)c(Cl)c2)cc1)CO3. The Balaban J connectivity index is 1.12. The molecule has 0 aliphatic carbocycles. The molecule has 7 rings (SSSR count). The molecule has 1 N–H and O–H groups in total. The predicted octanol–water partition coefficient (Wildman–Crippen LogP) is 5.48. The molecule has 4 aromatic rings. The molecular formula is C37H38Cl2N4O9S2. The number of hydrogen-bond donors (Lipinski definition) is 1. The molecule has 286 valence electrons. The van der Waals surface area contributed by atoms with Crippen molar-refractivity contribution in [2.24, 2.45) is 0 Å². The number of sulfonamides is 1. The van der Waals surface area contributed by atoms with E-state index in [1.807, 2.05) is 35.2 Å². The van der Waals surface area contributed by atoms with Gasteiger partial charge in [0.15, 0.2) is 26.9 Å². The number of morpholine rings is 1. The molecular weight excluding hydrogens is 779 g/mol. The first-order valence-electron chi connectivity index (χ1n) is 17.2. The van der Waals surface area contributed by atoms with Crippen LogP contribution in [0.1, 0.15) is 41.0 Å². The summed E-state index contributed by atoms with van der Waals surface area (Å²) in [6, 6.07) is 14.2. The zero-order valence-electron chi connectivity index (χ0n) is 29.7. The minimum absolute atomic E-state index is 0.0339. The van der Waals surface area contributed by atoms with E-state index in [1.165, 1.54) is 18.3 Å². The van der Waals surface area contributed by atoms with E-state index in [0.717, 1.165) is 28.0 Å². The Kier molecular flexibility index (Phi) is 11.3. The third kappa shape index (κ3) is 7.97. The Morgan fingerprint density at radius 2 is 1.78 bits per heavy atom. The number of nitrogens with zero attached hydrogens (tertiary/aromatic N) is 3. The van der Waals surface area contributed by atoms with E-state index < -0.39 is 40.1 Å². The molecule has 0 radical (unpaired) electrons. The fraction of sp³-hybridized carbons (Fsp3) is 0.378. The third-order valence-electron chi connectivity index (χ3n) is 9.44. The van der Waals surface area contributed by atoms with Crippen molar-refractivity contribution in [1.29, 1.82) is 0 Å². The van der Waals surface area contributed by atoms with Crippen LogP contribution in [0.2, 0.25) is 10.0 Å². The standard InChI is InChI=1S/C37H38Cl2N4O9S2/c1-21(35(45)48-3)40-34(44)30-15-25-16-31-32(17-26(25)18-43(30)54(46,47)36-22(2)41-37(53-36)42-10-12-49-13-11-42)52-33(20-51-31)24-5-7-27(8-6-24)50-19-23-4-9-28(38)29(39)14-23/h4-9,14,16-17,21,30,33H,10-13,15,18-20H2,1-3H3,(H,40,44)/t21?,30?,33-/m1/s1. The predicted molar refractivity (Wildman–Crippen MR) is 202 cm³/mol. The lowest BCUT2D eigenvalue weighted by Gasteiger charge is -2.36. The highest BCUT2D eigenvalue weighted by atomic mass is 35.5. The van der Waals surface area contributed by atoms with Crippen LogP contribution in [0.15, 0.2) is 58.8 Å². The van der Waals surface area contributed by atoms with Crippen LogP contribution in [0.4, 0.5) is 5.13 Å². The average Bonchev–Trinajstić information content (AvgIpc) is 3.59. The van der Waals surface area contributed by atoms with E-state index in [4.69, 9.17) is 46.9 Å². The monoisotopic (exact) mass is 816 g/mol. The summed E-state index contributed by atoms with van der Waals surface area (Å²) in [6.07, 6.45) is -0.411. The number of carbonyl (C=O) groups is 2. The van der Waals surface area contributed by atoms with Gasteiger partial charge in [0, 0.05) is 19.6 Å². The van der Waals surface area contributed by atoms with Gasteiger partial charge in [0.05, 0.1) is 36.1 Å². The number of halogens is 2. The second-order valence-electron chi connectivity index (χ2n) is 13.1. The number of amides is 1. The molecule has 3 aromatic carbocycles. The van der Waals surface area contributed by atoms with Crippen LogP contribution in [-0.4, -0.2) is 81.7 Å². The average molecular weight is 818 g/mol. The van der Waals surface area contributed by atoms with Gasteiger partial charge in [0.2, 0.25) is 5.91 Å². The Labute approximate surface area is 327 Å². The number of rotatable bonds is 10. The van der Waals surface area contributed by atoms with Gasteiger partial charge in [-0.1, -0.05) is 52.7 Å². The van der Waals surface area contributed by atoms with Gasteiger partial charge in [0.1, 0.15) is 31.0 Å². The molecule has 3 atom stereocenters. The highest BCUT2D eigenvalue weighted by Crippen LogP contribution is 2.43. The summed E-state index contributed by atoms with van der Waals surface area (Å²) in [6.45, 7) is 5.76. The molecule has 2 unspecified atom stereocenters. The van der Waals surface area contributed by atoms with Gasteiger partial charge in [-0.05, 0) is 78.9 Å². The van der Waals surface area contributed by atoms with Crippen LogP contribution < -0.4 is 24.4 Å². The molecule has 1 amide bonds. The number of carbonyl (C=O) groups excluding carboxylic acids is 2. The molecule has 54 heavy (non-hydrogen) atoms. The number of fused-ring (bicyclic) bond motifs is 2. The van der Waals surface area contributed by atoms with Crippen molar-refractivity contribution in [1.82, 2.24) is 14.6 Å². The van der Waals surface area contributed by atoms with E-state index in [1.54, 1.807) is 31.2 Å². The van der Waals surface area contributed by atoms with E-state index in [0.29, 0.717) is 76.6 Å². The maximum absolute atomic E-state index is 14.5. The first-order valence-corrected chi connectivity index (χ1v) is 20.2. The van der Waals surface area contributed by atoms with Gasteiger partial charge in [-0.2, -0.15) is 4.31 Å². The van der Waals surface area contributed by atoms with Crippen molar-refractivity contribution in [3.63, 3.8) is 0 Å². The second-order valence-corrected chi connectivity index (χ2v) is 17.0. The first-order chi connectivity index (χ1) is 25.9. The number of thiazole rings is 1. The number of methoxy groups -OCH3 is 1. The summed E-state index contributed by atoms with van der Waals surface area (Å²) in [7, 11) is -3.04. The number of aryl methyl sites for hydroxylation is 1. The Hall–Kier alpha value is -4.12. The largest absolute Gasteiger partial charge is 0.489 e. The maximum atomic E-state index is 14.5. The molecule has 1 aromatic heterocycles. The van der Waals surface area contributed by atoms with Crippen LogP contribution in [0.25, 0.3) is 0 Å². The molecule has 3 aliphatic heterocycles. The highest BCUT2D eigenvalue weighted by Gasteiger charge is 2.43. The van der Waals surface area contributed by atoms with Gasteiger partial charge in [-0.25, -0.2) is 18.2 Å². The summed E-state index contributed by atoms with van der Waals surface area (Å²) in [5.41, 5.74) is 3.47. The summed E-state index contributed by atoms with van der Waals surface area (Å²) in [5, 5.41) is 4.15. The number of hydrogen-bond acceptors (Lipinski definition) is 12. The fourth-order valence-electron chi connectivity index (χ4n) is 6.49. The topological polar surface area (TPSA) is 146 Å². The molecule has 1 saturated heterocycles. The quantitative estimate of drug-likeness (QED) is 0.203. The van der Waals surface area contributed by atoms with Gasteiger partial charge in [-0.15, -0.1) is 0 Å². The normalized spacial score (nSPS) is 19.1. The minimum atomic E-state index is -4.26. The number of benzene rings is 3. The number of nitrogens with one attached hydrogen (secondary N) is 1. The van der Waals surface area contributed by atoms with Gasteiger partial charge < -0.3 is 33.9 Å². The lowest BCUT2D eigenvalue weighted by Crippen LogP contribution is -2.55. The highest BCUT2D eigenvalue weighted by molar-refractivity contribution is 7.91. The summed E-state index contributed by atoms with van der Waals surface area (Å²) < 4.78 is 59.0. The van der Waals surface area contributed by atoms with Crippen LogP contribution in [0, 0.1) is 6.92 Å². The van der Waals surface area contributed by atoms with Gasteiger partial charge in [-0.3, -0.25) is 4.79 Å². The lowest BCUT2D eigenvalue weighted by atomic mass is 9.94. The molecule has 4 heterocycles. The molecule has 0 saturated carbocycles. The van der Waals surface area contributed by atoms with Crippen molar-refractivity contribution in [2.45, 2.75) is 55.8 Å². The Morgan fingerprint density at radius 1 is 1.04 bits per heavy atom. The lowest BCUT2D eigenvalue weighted by molar-refractivity contribution is -0.145. The molecule has 13 nitrogen and oxygen atoms in total. The summed E-state index contributed by atoms with van der Waals surface area (Å²) >= 11 is 13.2.